The fraction of sp³-hybridized carbons (Fsp3) is 0.278. The summed E-state index contributed by atoms with van der Waals surface area (Å²) in [4.78, 5) is 12.3. The normalized spacial score (nSPS) is 13.5. The number of carbonyl (C=O) groups is 1. The zero-order valence-corrected chi connectivity index (χ0v) is 12.7. The summed E-state index contributed by atoms with van der Waals surface area (Å²) in [5.41, 5.74) is 2.32. The fourth-order valence-electron chi connectivity index (χ4n) is 2.26. The Morgan fingerprint density at radius 2 is 1.71 bits per heavy atom. The lowest BCUT2D eigenvalue weighted by Gasteiger charge is -2.29. The number of rotatable bonds is 5. The maximum absolute atomic E-state index is 12.3. The first-order valence-corrected chi connectivity index (χ1v) is 7.01. The van der Waals surface area contributed by atoms with Crippen LogP contribution in [0.15, 0.2) is 54.6 Å². The molecule has 0 aliphatic heterocycles. The maximum Gasteiger partial charge on any atom is 0.330 e. The van der Waals surface area contributed by atoms with Crippen LogP contribution in [0.3, 0.4) is 0 Å². The van der Waals surface area contributed by atoms with Gasteiger partial charge in [-0.2, -0.15) is 0 Å². The summed E-state index contributed by atoms with van der Waals surface area (Å²) in [5, 5.41) is 3.32. The van der Waals surface area contributed by atoms with E-state index in [-0.39, 0.29) is 5.97 Å². The standard InChI is InChI=1S/C18H21NO2/c1-14-9-11-16(12-10-14)18(2,17(20)21-3)19-13-15-7-5-4-6-8-15/h4-12,19H,13H2,1-3H3. The van der Waals surface area contributed by atoms with Gasteiger partial charge in [-0.1, -0.05) is 60.2 Å². The second kappa shape index (κ2) is 6.55. The molecule has 0 radical (unpaired) electrons. The van der Waals surface area contributed by atoms with E-state index in [1.165, 1.54) is 7.11 Å². The molecule has 110 valence electrons. The number of carbonyl (C=O) groups excluding carboxylic acids is 1. The topological polar surface area (TPSA) is 38.3 Å². The molecular weight excluding hydrogens is 262 g/mol. The molecule has 1 unspecified atom stereocenters. The van der Waals surface area contributed by atoms with Crippen molar-refractivity contribution in [3.8, 4) is 0 Å². The second-order valence-corrected chi connectivity index (χ2v) is 5.32. The average molecular weight is 283 g/mol. The third-order valence-electron chi connectivity index (χ3n) is 3.71. The molecule has 2 aromatic rings. The minimum atomic E-state index is -0.863. The lowest BCUT2D eigenvalue weighted by atomic mass is 9.91. The van der Waals surface area contributed by atoms with Gasteiger partial charge in [0.15, 0.2) is 0 Å². The van der Waals surface area contributed by atoms with Crippen molar-refractivity contribution in [1.82, 2.24) is 5.32 Å². The predicted molar refractivity (Wildman–Crippen MR) is 83.8 cm³/mol. The van der Waals surface area contributed by atoms with Gasteiger partial charge in [0.1, 0.15) is 5.54 Å². The van der Waals surface area contributed by atoms with E-state index in [4.69, 9.17) is 4.74 Å². The van der Waals surface area contributed by atoms with E-state index in [1.807, 2.05) is 68.4 Å². The smallest absolute Gasteiger partial charge is 0.330 e. The number of hydrogen-bond donors (Lipinski definition) is 1. The first kappa shape index (κ1) is 15.3. The molecule has 0 saturated heterocycles. The van der Waals surface area contributed by atoms with Crippen LogP contribution >= 0.6 is 0 Å². The summed E-state index contributed by atoms with van der Waals surface area (Å²) in [5.74, 6) is -0.290. The van der Waals surface area contributed by atoms with Crippen LogP contribution in [-0.2, 0) is 21.6 Å². The van der Waals surface area contributed by atoms with E-state index in [0.29, 0.717) is 6.54 Å². The Bertz CT molecular complexity index is 592. The number of aryl methyl sites for hydroxylation is 1. The molecule has 0 heterocycles. The number of benzene rings is 2. The van der Waals surface area contributed by atoms with Crippen molar-refractivity contribution >= 4 is 5.97 Å². The highest BCUT2D eigenvalue weighted by molar-refractivity contribution is 5.82. The van der Waals surface area contributed by atoms with Crippen LogP contribution in [0.25, 0.3) is 0 Å². The van der Waals surface area contributed by atoms with Crippen LogP contribution in [0.1, 0.15) is 23.6 Å². The van der Waals surface area contributed by atoms with Gasteiger partial charge in [0, 0.05) is 6.54 Å². The number of methoxy groups -OCH3 is 1. The molecule has 0 saturated carbocycles. The molecular formula is C18H21NO2. The van der Waals surface area contributed by atoms with Crippen molar-refractivity contribution in [1.29, 1.82) is 0 Å². The van der Waals surface area contributed by atoms with E-state index in [9.17, 15) is 4.79 Å². The third-order valence-corrected chi connectivity index (χ3v) is 3.71. The van der Waals surface area contributed by atoms with Gasteiger partial charge >= 0.3 is 5.97 Å². The van der Waals surface area contributed by atoms with Crippen LogP contribution in [0.4, 0.5) is 0 Å². The molecule has 3 nitrogen and oxygen atoms in total. The molecule has 3 heteroatoms. The molecule has 0 aliphatic rings. The summed E-state index contributed by atoms with van der Waals surface area (Å²) in [6.07, 6.45) is 0. The van der Waals surface area contributed by atoms with E-state index in [1.54, 1.807) is 0 Å². The van der Waals surface area contributed by atoms with Gasteiger partial charge in [-0.15, -0.1) is 0 Å². The van der Waals surface area contributed by atoms with Crippen LogP contribution in [0.5, 0.6) is 0 Å². The molecule has 1 N–H and O–H groups in total. The van der Waals surface area contributed by atoms with Crippen molar-refractivity contribution in [2.75, 3.05) is 7.11 Å². The third kappa shape index (κ3) is 3.50. The van der Waals surface area contributed by atoms with Gasteiger partial charge in [0.25, 0.3) is 0 Å². The molecule has 0 spiro atoms. The quantitative estimate of drug-likeness (QED) is 0.857. The number of hydrogen-bond acceptors (Lipinski definition) is 3. The zero-order valence-electron chi connectivity index (χ0n) is 12.7. The summed E-state index contributed by atoms with van der Waals surface area (Å²) in [6.45, 7) is 4.48. The molecule has 0 fully saturated rings. The first-order valence-electron chi connectivity index (χ1n) is 7.01. The molecule has 0 aromatic heterocycles. The summed E-state index contributed by atoms with van der Waals surface area (Å²) in [7, 11) is 1.42. The van der Waals surface area contributed by atoms with Crippen molar-refractivity contribution in [2.24, 2.45) is 0 Å². The molecule has 0 aliphatic carbocycles. The predicted octanol–water partition coefficient (Wildman–Crippen LogP) is 3.17. The van der Waals surface area contributed by atoms with Crippen molar-refractivity contribution in [3.05, 3.63) is 71.3 Å². The maximum atomic E-state index is 12.3. The van der Waals surface area contributed by atoms with Gasteiger partial charge in [0.05, 0.1) is 7.11 Å². The van der Waals surface area contributed by atoms with E-state index < -0.39 is 5.54 Å². The van der Waals surface area contributed by atoms with E-state index in [2.05, 4.69) is 5.32 Å². The Labute approximate surface area is 126 Å². The van der Waals surface area contributed by atoms with E-state index >= 15 is 0 Å². The SMILES string of the molecule is COC(=O)C(C)(NCc1ccccc1)c1ccc(C)cc1. The lowest BCUT2D eigenvalue weighted by Crippen LogP contribution is -2.47. The second-order valence-electron chi connectivity index (χ2n) is 5.32. The largest absolute Gasteiger partial charge is 0.467 e. The first-order chi connectivity index (χ1) is 10.1. The van der Waals surface area contributed by atoms with Gasteiger partial charge in [0.2, 0.25) is 0 Å². The number of ether oxygens (including phenoxy) is 1. The van der Waals surface area contributed by atoms with Gasteiger partial charge < -0.3 is 4.74 Å². The minimum Gasteiger partial charge on any atom is -0.467 e. The van der Waals surface area contributed by atoms with Gasteiger partial charge in [-0.25, -0.2) is 4.79 Å². The molecule has 21 heavy (non-hydrogen) atoms. The fourth-order valence-corrected chi connectivity index (χ4v) is 2.26. The Kier molecular flexibility index (Phi) is 4.76. The number of esters is 1. The monoisotopic (exact) mass is 283 g/mol. The Morgan fingerprint density at radius 1 is 1.10 bits per heavy atom. The Hall–Kier alpha value is -2.13. The summed E-state index contributed by atoms with van der Waals surface area (Å²) in [6, 6.07) is 17.9. The van der Waals surface area contributed by atoms with Crippen molar-refractivity contribution in [3.63, 3.8) is 0 Å². The average Bonchev–Trinajstić information content (AvgIpc) is 2.53. The zero-order chi connectivity index (χ0) is 15.3. The molecule has 2 rings (SSSR count). The number of nitrogens with one attached hydrogen (secondary N) is 1. The highest BCUT2D eigenvalue weighted by Crippen LogP contribution is 2.23. The summed E-state index contributed by atoms with van der Waals surface area (Å²) >= 11 is 0. The highest BCUT2D eigenvalue weighted by atomic mass is 16.5. The van der Waals surface area contributed by atoms with E-state index in [0.717, 1.165) is 16.7 Å². The molecule has 2 aromatic carbocycles. The van der Waals surface area contributed by atoms with Crippen LogP contribution in [-0.4, -0.2) is 13.1 Å². The minimum absolute atomic E-state index is 0.290. The van der Waals surface area contributed by atoms with Crippen molar-refractivity contribution < 1.29 is 9.53 Å². The Balaban J connectivity index is 2.25. The van der Waals surface area contributed by atoms with Crippen LogP contribution in [0.2, 0.25) is 0 Å². The molecule has 1 atom stereocenters. The van der Waals surface area contributed by atoms with Crippen molar-refractivity contribution in [2.45, 2.75) is 25.9 Å². The van der Waals surface area contributed by atoms with Gasteiger partial charge in [-0.3, -0.25) is 5.32 Å². The van der Waals surface area contributed by atoms with Crippen LogP contribution < -0.4 is 5.32 Å². The lowest BCUT2D eigenvalue weighted by molar-refractivity contribution is -0.148. The molecule has 0 bridgehead atoms. The van der Waals surface area contributed by atoms with Crippen LogP contribution in [0, 0.1) is 6.92 Å². The highest BCUT2D eigenvalue weighted by Gasteiger charge is 2.35. The molecule has 0 amide bonds. The summed E-state index contributed by atoms with van der Waals surface area (Å²) < 4.78 is 4.99. The Morgan fingerprint density at radius 3 is 2.29 bits per heavy atom. The van der Waals surface area contributed by atoms with Gasteiger partial charge in [-0.05, 0) is 25.0 Å².